The number of rotatable bonds is 4. The molecule has 0 spiro atoms. The second-order valence-corrected chi connectivity index (χ2v) is 6.38. The minimum absolute atomic E-state index is 0.0750. The Morgan fingerprint density at radius 1 is 1.18 bits per heavy atom. The summed E-state index contributed by atoms with van der Waals surface area (Å²) in [6.45, 7) is 4.99. The van der Waals surface area contributed by atoms with Crippen molar-refractivity contribution in [2.24, 2.45) is 5.92 Å². The molecular weight excluding hydrogens is 286 g/mol. The predicted octanol–water partition coefficient (Wildman–Crippen LogP) is 0.880. The quantitative estimate of drug-likeness (QED) is 0.617. The molecule has 7 heteroatoms. The number of carbonyl (C=O) groups is 4. The number of hydrogen-bond acceptors (Lipinski definition) is 4. The van der Waals surface area contributed by atoms with E-state index in [-0.39, 0.29) is 11.9 Å². The highest BCUT2D eigenvalue weighted by atomic mass is 16.2. The Hall–Kier alpha value is -1.92. The molecule has 2 atom stereocenters. The third kappa shape index (κ3) is 3.13. The largest absolute Gasteiger partial charge is 0.352 e. The third-order valence-electron chi connectivity index (χ3n) is 4.36. The van der Waals surface area contributed by atoms with Crippen molar-refractivity contribution in [2.75, 3.05) is 6.54 Å². The van der Waals surface area contributed by atoms with Gasteiger partial charge in [0.1, 0.15) is 6.54 Å². The van der Waals surface area contributed by atoms with Gasteiger partial charge in [-0.05, 0) is 32.6 Å². The minimum Gasteiger partial charge on any atom is -0.352 e. The van der Waals surface area contributed by atoms with Crippen molar-refractivity contribution in [1.29, 1.82) is 0 Å². The fraction of sp³-hybridized carbons (Fsp3) is 0.733. The van der Waals surface area contributed by atoms with Crippen LogP contribution in [-0.2, 0) is 14.4 Å². The minimum atomic E-state index is -0.925. The number of urea groups is 1. The molecule has 2 aliphatic rings. The fourth-order valence-corrected chi connectivity index (χ4v) is 3.04. The van der Waals surface area contributed by atoms with Gasteiger partial charge in [0.15, 0.2) is 0 Å². The monoisotopic (exact) mass is 309 g/mol. The van der Waals surface area contributed by atoms with Gasteiger partial charge in [-0.1, -0.05) is 19.8 Å². The molecule has 0 aromatic rings. The first-order valence-electron chi connectivity index (χ1n) is 7.81. The van der Waals surface area contributed by atoms with Crippen LogP contribution < -0.4 is 5.32 Å². The standard InChI is InChI=1S/C15H23N3O4/c1-9(2)18-14(21)13(20)17(15(18)22)8-12(19)16-11-7-5-4-6-10(11)3/h9-11H,4-8H2,1-3H3,(H,16,19)/t10-,11+/m1/s1. The maximum atomic E-state index is 12.1. The van der Waals surface area contributed by atoms with Crippen molar-refractivity contribution in [3.05, 3.63) is 0 Å². The molecule has 1 saturated heterocycles. The zero-order valence-electron chi connectivity index (χ0n) is 13.3. The Morgan fingerprint density at radius 2 is 1.82 bits per heavy atom. The van der Waals surface area contributed by atoms with Crippen molar-refractivity contribution in [3.8, 4) is 0 Å². The van der Waals surface area contributed by atoms with Crippen molar-refractivity contribution in [1.82, 2.24) is 15.1 Å². The van der Waals surface area contributed by atoms with Gasteiger partial charge in [0.2, 0.25) is 5.91 Å². The van der Waals surface area contributed by atoms with Gasteiger partial charge < -0.3 is 5.32 Å². The summed E-state index contributed by atoms with van der Waals surface area (Å²) >= 11 is 0. The van der Waals surface area contributed by atoms with Gasteiger partial charge >= 0.3 is 17.8 Å². The summed E-state index contributed by atoms with van der Waals surface area (Å²) in [6.07, 6.45) is 4.20. The maximum absolute atomic E-state index is 12.1. The van der Waals surface area contributed by atoms with E-state index in [0.29, 0.717) is 5.92 Å². The summed E-state index contributed by atoms with van der Waals surface area (Å²) in [4.78, 5) is 49.4. The van der Waals surface area contributed by atoms with Gasteiger partial charge in [0.25, 0.3) is 0 Å². The average Bonchev–Trinajstić information content (AvgIpc) is 2.65. The number of nitrogens with one attached hydrogen (secondary N) is 1. The molecule has 1 aliphatic carbocycles. The van der Waals surface area contributed by atoms with Crippen LogP contribution in [0, 0.1) is 5.92 Å². The first-order valence-corrected chi connectivity index (χ1v) is 7.81. The summed E-state index contributed by atoms with van der Waals surface area (Å²) in [5.41, 5.74) is 0. The van der Waals surface area contributed by atoms with Crippen LogP contribution in [0.5, 0.6) is 0 Å². The second kappa shape index (κ2) is 6.46. The molecule has 1 saturated carbocycles. The zero-order valence-corrected chi connectivity index (χ0v) is 13.3. The molecule has 0 aromatic heterocycles. The number of hydrogen-bond donors (Lipinski definition) is 1. The normalized spacial score (nSPS) is 26.1. The van der Waals surface area contributed by atoms with Crippen molar-refractivity contribution in [3.63, 3.8) is 0 Å². The summed E-state index contributed by atoms with van der Waals surface area (Å²) in [5, 5.41) is 2.88. The molecule has 1 N–H and O–H groups in total. The van der Waals surface area contributed by atoms with E-state index in [2.05, 4.69) is 12.2 Å². The molecule has 2 rings (SSSR count). The van der Waals surface area contributed by atoms with E-state index in [1.165, 1.54) is 0 Å². The lowest BCUT2D eigenvalue weighted by Gasteiger charge is -2.29. The van der Waals surface area contributed by atoms with Gasteiger partial charge in [0, 0.05) is 12.1 Å². The molecule has 22 heavy (non-hydrogen) atoms. The Kier molecular flexibility index (Phi) is 4.83. The lowest BCUT2D eigenvalue weighted by atomic mass is 9.86. The first kappa shape index (κ1) is 16.5. The fourth-order valence-electron chi connectivity index (χ4n) is 3.04. The Bertz CT molecular complexity index is 503. The van der Waals surface area contributed by atoms with Crippen LogP contribution in [0.25, 0.3) is 0 Å². The third-order valence-corrected chi connectivity index (χ3v) is 4.36. The summed E-state index contributed by atoms with van der Waals surface area (Å²) < 4.78 is 0. The second-order valence-electron chi connectivity index (χ2n) is 6.38. The zero-order chi connectivity index (χ0) is 16.4. The van der Waals surface area contributed by atoms with E-state index in [1.807, 2.05) is 0 Å². The van der Waals surface area contributed by atoms with Crippen LogP contribution in [0.15, 0.2) is 0 Å². The highest BCUT2D eigenvalue weighted by Gasteiger charge is 2.46. The number of imide groups is 2. The van der Waals surface area contributed by atoms with Crippen molar-refractivity contribution < 1.29 is 19.2 Å². The van der Waals surface area contributed by atoms with Crippen LogP contribution in [0.4, 0.5) is 4.79 Å². The highest BCUT2D eigenvalue weighted by Crippen LogP contribution is 2.23. The number of carbonyl (C=O) groups excluding carboxylic acids is 4. The summed E-state index contributed by atoms with van der Waals surface area (Å²) in [5.74, 6) is -1.79. The molecule has 1 aliphatic heterocycles. The molecule has 5 amide bonds. The van der Waals surface area contributed by atoms with Crippen molar-refractivity contribution >= 4 is 23.8 Å². The summed E-state index contributed by atoms with van der Waals surface area (Å²) in [6, 6.07) is -1.04. The van der Waals surface area contributed by atoms with Crippen LogP contribution in [0.1, 0.15) is 46.5 Å². The van der Waals surface area contributed by atoms with Crippen LogP contribution in [-0.4, -0.2) is 52.2 Å². The number of amides is 5. The molecule has 0 aromatic carbocycles. The van der Waals surface area contributed by atoms with Gasteiger partial charge in [-0.25, -0.2) is 9.69 Å². The Labute approximate surface area is 130 Å². The van der Waals surface area contributed by atoms with E-state index in [1.54, 1.807) is 13.8 Å². The van der Waals surface area contributed by atoms with Gasteiger partial charge in [-0.15, -0.1) is 0 Å². The van der Waals surface area contributed by atoms with Gasteiger partial charge in [-0.2, -0.15) is 0 Å². The van der Waals surface area contributed by atoms with Crippen LogP contribution >= 0.6 is 0 Å². The van der Waals surface area contributed by atoms with Crippen LogP contribution in [0.3, 0.4) is 0 Å². The molecular formula is C15H23N3O4. The first-order chi connectivity index (χ1) is 10.3. The van der Waals surface area contributed by atoms with Crippen LogP contribution in [0.2, 0.25) is 0 Å². The molecule has 0 unspecified atom stereocenters. The molecule has 122 valence electrons. The number of nitrogens with zero attached hydrogens (tertiary/aromatic N) is 2. The Morgan fingerprint density at radius 3 is 2.36 bits per heavy atom. The molecule has 2 fully saturated rings. The molecule has 0 bridgehead atoms. The lowest BCUT2D eigenvalue weighted by molar-refractivity contribution is -0.144. The Balaban J connectivity index is 1.98. The van der Waals surface area contributed by atoms with E-state index in [0.717, 1.165) is 35.5 Å². The maximum Gasteiger partial charge on any atom is 0.334 e. The van der Waals surface area contributed by atoms with E-state index >= 15 is 0 Å². The van der Waals surface area contributed by atoms with E-state index < -0.39 is 30.4 Å². The lowest BCUT2D eigenvalue weighted by Crippen LogP contribution is -2.47. The summed E-state index contributed by atoms with van der Waals surface area (Å²) in [7, 11) is 0. The topological polar surface area (TPSA) is 86.8 Å². The smallest absolute Gasteiger partial charge is 0.334 e. The average molecular weight is 309 g/mol. The van der Waals surface area contributed by atoms with Crippen molar-refractivity contribution in [2.45, 2.75) is 58.5 Å². The van der Waals surface area contributed by atoms with E-state index in [9.17, 15) is 19.2 Å². The van der Waals surface area contributed by atoms with E-state index in [4.69, 9.17) is 0 Å². The highest BCUT2D eigenvalue weighted by molar-refractivity contribution is 6.45. The molecule has 7 nitrogen and oxygen atoms in total. The van der Waals surface area contributed by atoms with Gasteiger partial charge in [0.05, 0.1) is 0 Å². The SMILES string of the molecule is CC(C)N1C(=O)C(=O)N(CC(=O)N[C@H]2CCCC[C@H]2C)C1=O. The molecule has 0 radical (unpaired) electrons. The molecule has 1 heterocycles. The van der Waals surface area contributed by atoms with Gasteiger partial charge in [-0.3, -0.25) is 19.3 Å². The predicted molar refractivity (Wildman–Crippen MR) is 78.7 cm³/mol.